The minimum atomic E-state index is 0.422. The van der Waals surface area contributed by atoms with Crippen LogP contribution in [-0.4, -0.2) is 25.3 Å². The van der Waals surface area contributed by atoms with Crippen molar-refractivity contribution >= 4 is 15.9 Å². The third-order valence-corrected chi connectivity index (χ3v) is 3.95. The van der Waals surface area contributed by atoms with Crippen molar-refractivity contribution in [3.63, 3.8) is 0 Å². The molecule has 3 heteroatoms. The van der Waals surface area contributed by atoms with Crippen LogP contribution in [0.25, 0.3) is 0 Å². The summed E-state index contributed by atoms with van der Waals surface area (Å²) >= 11 is 3.46. The molecule has 2 nitrogen and oxygen atoms in total. The van der Waals surface area contributed by atoms with Crippen LogP contribution in [0.4, 0.5) is 0 Å². The first-order valence-electron chi connectivity index (χ1n) is 6.83. The Morgan fingerprint density at radius 3 is 2.78 bits per heavy atom. The van der Waals surface area contributed by atoms with Crippen molar-refractivity contribution < 1.29 is 4.74 Å². The highest BCUT2D eigenvalue weighted by Gasteiger charge is 2.14. The Kier molecular flexibility index (Phi) is 5.67. The first-order chi connectivity index (χ1) is 8.74. The van der Waals surface area contributed by atoms with Crippen molar-refractivity contribution in [2.75, 3.05) is 13.2 Å². The minimum absolute atomic E-state index is 0.422. The van der Waals surface area contributed by atoms with Crippen molar-refractivity contribution in [1.82, 2.24) is 5.32 Å². The number of hydrogen-bond acceptors (Lipinski definition) is 2. The number of halogens is 1. The first kappa shape index (κ1) is 14.0. The van der Waals surface area contributed by atoms with Gasteiger partial charge in [-0.2, -0.15) is 0 Å². The summed E-state index contributed by atoms with van der Waals surface area (Å²) in [4.78, 5) is 0. The zero-order chi connectivity index (χ0) is 12.8. The molecule has 0 aliphatic carbocycles. The molecule has 2 atom stereocenters. The Labute approximate surface area is 118 Å². The van der Waals surface area contributed by atoms with Gasteiger partial charge in [-0.1, -0.05) is 28.1 Å². The van der Waals surface area contributed by atoms with Gasteiger partial charge in [-0.3, -0.25) is 0 Å². The van der Waals surface area contributed by atoms with Crippen LogP contribution in [0.3, 0.4) is 0 Å². The van der Waals surface area contributed by atoms with E-state index in [1.807, 2.05) is 0 Å². The second-order valence-electron chi connectivity index (χ2n) is 5.13. The maximum absolute atomic E-state index is 5.73. The first-order valence-corrected chi connectivity index (χ1v) is 7.63. The molecule has 0 saturated carbocycles. The third-order valence-electron chi connectivity index (χ3n) is 3.42. The van der Waals surface area contributed by atoms with Crippen LogP contribution in [0.15, 0.2) is 28.7 Å². The molecule has 1 fully saturated rings. The van der Waals surface area contributed by atoms with E-state index in [2.05, 4.69) is 52.4 Å². The molecule has 0 amide bonds. The van der Waals surface area contributed by atoms with Crippen molar-refractivity contribution in [3.8, 4) is 0 Å². The maximum atomic E-state index is 5.73. The van der Waals surface area contributed by atoms with Crippen LogP contribution in [0.5, 0.6) is 0 Å². The Bertz CT molecular complexity index is 346. The number of ether oxygens (including phenoxy) is 1. The zero-order valence-corrected chi connectivity index (χ0v) is 12.6. The van der Waals surface area contributed by atoms with Gasteiger partial charge in [-0.25, -0.2) is 0 Å². The molecule has 1 aliphatic rings. The molecular weight excluding hydrogens is 290 g/mol. The van der Waals surface area contributed by atoms with Crippen LogP contribution in [-0.2, 0) is 11.2 Å². The molecule has 1 aromatic carbocycles. The molecule has 1 saturated heterocycles. The molecule has 1 aromatic rings. The molecular formula is C15H22BrNO. The predicted octanol–water partition coefficient (Wildman–Crippen LogP) is 3.54. The van der Waals surface area contributed by atoms with E-state index < -0.39 is 0 Å². The lowest BCUT2D eigenvalue weighted by atomic mass is 10.1. The minimum Gasteiger partial charge on any atom is -0.377 e. The van der Waals surface area contributed by atoms with Crippen LogP contribution < -0.4 is 5.32 Å². The number of hydrogen-bond donors (Lipinski definition) is 1. The highest BCUT2D eigenvalue weighted by Crippen LogP contribution is 2.13. The molecule has 0 radical (unpaired) electrons. The van der Waals surface area contributed by atoms with E-state index in [1.165, 1.54) is 24.8 Å². The van der Waals surface area contributed by atoms with Crippen molar-refractivity contribution in [2.45, 2.75) is 44.8 Å². The standard InChI is InChI=1S/C15H22BrNO/c1-12(10-13-5-7-14(16)8-6-13)17-11-15-4-2-3-9-18-15/h5-8,12,15,17H,2-4,9-11H2,1H3. The van der Waals surface area contributed by atoms with Crippen LogP contribution in [0, 0.1) is 0 Å². The summed E-state index contributed by atoms with van der Waals surface area (Å²) in [5.41, 5.74) is 1.38. The van der Waals surface area contributed by atoms with Gasteiger partial charge in [0.15, 0.2) is 0 Å². The summed E-state index contributed by atoms with van der Waals surface area (Å²) in [6.45, 7) is 4.16. The average Bonchev–Trinajstić information content (AvgIpc) is 2.40. The van der Waals surface area contributed by atoms with E-state index in [9.17, 15) is 0 Å². The monoisotopic (exact) mass is 311 g/mol. The summed E-state index contributed by atoms with van der Waals surface area (Å²) < 4.78 is 6.87. The van der Waals surface area contributed by atoms with Crippen LogP contribution in [0.2, 0.25) is 0 Å². The van der Waals surface area contributed by atoms with E-state index >= 15 is 0 Å². The molecule has 0 bridgehead atoms. The molecule has 1 N–H and O–H groups in total. The van der Waals surface area contributed by atoms with Gasteiger partial charge >= 0.3 is 0 Å². The fourth-order valence-electron chi connectivity index (χ4n) is 2.35. The summed E-state index contributed by atoms with van der Waals surface area (Å²) in [6, 6.07) is 9.06. The van der Waals surface area contributed by atoms with Crippen molar-refractivity contribution in [3.05, 3.63) is 34.3 Å². The van der Waals surface area contributed by atoms with E-state index in [0.29, 0.717) is 12.1 Å². The SMILES string of the molecule is CC(Cc1ccc(Br)cc1)NCC1CCCCO1. The van der Waals surface area contributed by atoms with Gasteiger partial charge in [-0.15, -0.1) is 0 Å². The number of nitrogens with one attached hydrogen (secondary N) is 1. The van der Waals surface area contributed by atoms with Crippen molar-refractivity contribution in [1.29, 1.82) is 0 Å². The second kappa shape index (κ2) is 7.27. The molecule has 1 heterocycles. The second-order valence-corrected chi connectivity index (χ2v) is 6.04. The largest absolute Gasteiger partial charge is 0.377 e. The van der Waals surface area contributed by atoms with Crippen molar-refractivity contribution in [2.24, 2.45) is 0 Å². The van der Waals surface area contributed by atoms with E-state index in [-0.39, 0.29) is 0 Å². The van der Waals surface area contributed by atoms with E-state index in [4.69, 9.17) is 4.74 Å². The molecule has 18 heavy (non-hydrogen) atoms. The zero-order valence-electron chi connectivity index (χ0n) is 11.0. The van der Waals surface area contributed by atoms with E-state index in [1.54, 1.807) is 0 Å². The molecule has 1 aliphatic heterocycles. The molecule has 0 aromatic heterocycles. The lowest BCUT2D eigenvalue weighted by molar-refractivity contribution is 0.0156. The van der Waals surface area contributed by atoms with Gasteiger partial charge in [0, 0.05) is 23.7 Å². The van der Waals surface area contributed by atoms with Gasteiger partial charge in [0.05, 0.1) is 6.10 Å². The Morgan fingerprint density at radius 2 is 2.11 bits per heavy atom. The highest BCUT2D eigenvalue weighted by atomic mass is 79.9. The number of benzene rings is 1. The summed E-state index contributed by atoms with van der Waals surface area (Å²) in [5, 5.41) is 3.58. The number of rotatable bonds is 5. The molecule has 0 spiro atoms. The van der Waals surface area contributed by atoms with Gasteiger partial charge in [0.2, 0.25) is 0 Å². The summed E-state index contributed by atoms with van der Waals surface area (Å²) in [5.74, 6) is 0. The summed E-state index contributed by atoms with van der Waals surface area (Å²) in [6.07, 6.45) is 5.24. The van der Waals surface area contributed by atoms with Gasteiger partial charge in [-0.05, 0) is 50.3 Å². The molecule has 2 rings (SSSR count). The topological polar surface area (TPSA) is 21.3 Å². The van der Waals surface area contributed by atoms with E-state index in [0.717, 1.165) is 24.0 Å². The quantitative estimate of drug-likeness (QED) is 0.898. The molecule has 2 unspecified atom stereocenters. The van der Waals surface area contributed by atoms with Crippen LogP contribution >= 0.6 is 15.9 Å². The van der Waals surface area contributed by atoms with Crippen LogP contribution in [0.1, 0.15) is 31.7 Å². The summed E-state index contributed by atoms with van der Waals surface area (Å²) in [7, 11) is 0. The Balaban J connectivity index is 1.71. The Morgan fingerprint density at radius 1 is 1.33 bits per heavy atom. The van der Waals surface area contributed by atoms with Gasteiger partial charge in [0.1, 0.15) is 0 Å². The fourth-order valence-corrected chi connectivity index (χ4v) is 2.61. The third kappa shape index (κ3) is 4.71. The fraction of sp³-hybridized carbons (Fsp3) is 0.600. The smallest absolute Gasteiger partial charge is 0.0699 e. The van der Waals surface area contributed by atoms with Gasteiger partial charge < -0.3 is 10.1 Å². The highest BCUT2D eigenvalue weighted by molar-refractivity contribution is 9.10. The lowest BCUT2D eigenvalue weighted by Gasteiger charge is -2.24. The van der Waals surface area contributed by atoms with Gasteiger partial charge in [0.25, 0.3) is 0 Å². The normalized spacial score (nSPS) is 21.8. The maximum Gasteiger partial charge on any atom is 0.0699 e. The molecule has 100 valence electrons. The predicted molar refractivity (Wildman–Crippen MR) is 78.9 cm³/mol. The lowest BCUT2D eigenvalue weighted by Crippen LogP contribution is -2.37. The average molecular weight is 312 g/mol. The Hall–Kier alpha value is -0.380.